The highest BCUT2D eigenvalue weighted by Gasteiger charge is 2.36. The van der Waals surface area contributed by atoms with E-state index in [1.54, 1.807) is 59.4 Å². The molecule has 4 aromatic rings. The average Bonchev–Trinajstić information content (AvgIpc) is 3.46. The number of cyclic esters (lactones) is 1. The molecule has 1 fully saturated rings. The van der Waals surface area contributed by atoms with Crippen LogP contribution in [0.2, 0.25) is 0 Å². The Balaban J connectivity index is 1.46. The molecule has 1 aliphatic heterocycles. The second-order valence-electron chi connectivity index (χ2n) is 7.91. The Labute approximate surface area is 198 Å². The van der Waals surface area contributed by atoms with Crippen LogP contribution in [0.4, 0.5) is 15.0 Å². The summed E-state index contributed by atoms with van der Waals surface area (Å²) >= 11 is 0. The van der Waals surface area contributed by atoms with E-state index in [4.69, 9.17) is 10.1 Å². The Kier molecular flexibility index (Phi) is 5.57. The summed E-state index contributed by atoms with van der Waals surface area (Å²) in [6, 6.07) is 14.0. The molecule has 3 heterocycles. The fraction of sp³-hybridized carbons (Fsp3) is 0.125. The van der Waals surface area contributed by atoms with Crippen LogP contribution in [0.1, 0.15) is 28.9 Å². The van der Waals surface area contributed by atoms with Crippen molar-refractivity contribution in [2.75, 3.05) is 11.5 Å². The first-order valence-corrected chi connectivity index (χ1v) is 10.7. The number of hydrogen-bond acceptors (Lipinski definition) is 6. The van der Waals surface area contributed by atoms with Crippen LogP contribution in [-0.2, 0) is 4.74 Å². The van der Waals surface area contributed by atoms with Crippen molar-refractivity contribution in [1.82, 2.24) is 25.4 Å². The maximum absolute atomic E-state index is 13.4. The molecule has 176 valence electrons. The van der Waals surface area contributed by atoms with E-state index in [1.807, 2.05) is 0 Å². The monoisotopic (exact) mass is 473 g/mol. The summed E-state index contributed by atoms with van der Waals surface area (Å²) in [5.41, 5.74) is 8.03. The van der Waals surface area contributed by atoms with Gasteiger partial charge in [-0.25, -0.2) is 18.7 Å². The molecular formula is C24H20FN7O3. The maximum atomic E-state index is 13.4. The van der Waals surface area contributed by atoms with Gasteiger partial charge >= 0.3 is 6.09 Å². The summed E-state index contributed by atoms with van der Waals surface area (Å²) in [5.74, 6) is -0.242. The molecule has 0 saturated carbocycles. The number of carbonyl (C=O) groups is 2. The van der Waals surface area contributed by atoms with Crippen molar-refractivity contribution in [3.63, 3.8) is 0 Å². The second kappa shape index (κ2) is 8.86. The standard InChI is InChI=1S/C24H20FN7O3/c1-14(26)29-30-23(33)17-4-2-15(3-5-17)19-12-27-31-11-10-21(28-22(19)31)32-20(13-35-24(32)34)16-6-8-18(25)9-7-16/h2-12,20H,13H2,1H3,(H2,26,29)(H,30,33)/t20-/m1/s1. The minimum atomic E-state index is -0.540. The van der Waals surface area contributed by atoms with Crippen molar-refractivity contribution in [2.24, 2.45) is 0 Å². The number of amides is 2. The summed E-state index contributed by atoms with van der Waals surface area (Å²) in [6.07, 6.45) is 2.81. The van der Waals surface area contributed by atoms with Gasteiger partial charge in [0, 0.05) is 17.3 Å². The van der Waals surface area contributed by atoms with E-state index in [9.17, 15) is 14.0 Å². The molecule has 5 rings (SSSR count). The number of carbonyl (C=O) groups excluding carboxylic acids is 2. The summed E-state index contributed by atoms with van der Waals surface area (Å²) in [4.78, 5) is 30.9. The van der Waals surface area contributed by atoms with Crippen LogP contribution in [0.15, 0.2) is 67.0 Å². The van der Waals surface area contributed by atoms with Gasteiger partial charge in [-0.2, -0.15) is 5.10 Å². The number of aromatic nitrogens is 3. The van der Waals surface area contributed by atoms with Gasteiger partial charge in [0.15, 0.2) is 5.65 Å². The van der Waals surface area contributed by atoms with Crippen LogP contribution >= 0.6 is 0 Å². The van der Waals surface area contributed by atoms with Crippen LogP contribution < -0.4 is 15.8 Å². The first-order chi connectivity index (χ1) is 16.9. The Morgan fingerprint density at radius 2 is 1.86 bits per heavy atom. The van der Waals surface area contributed by atoms with Crippen LogP contribution in [0.3, 0.4) is 0 Å². The molecule has 0 bridgehead atoms. The summed E-state index contributed by atoms with van der Waals surface area (Å²) in [5, 5.41) is 11.7. The van der Waals surface area contributed by atoms with Crippen molar-refractivity contribution in [1.29, 1.82) is 5.41 Å². The van der Waals surface area contributed by atoms with Gasteiger partial charge in [-0.05, 0) is 48.4 Å². The lowest BCUT2D eigenvalue weighted by molar-refractivity contribution is 0.0943. The van der Waals surface area contributed by atoms with E-state index in [2.05, 4.69) is 20.9 Å². The lowest BCUT2D eigenvalue weighted by Crippen LogP contribution is -2.39. The molecule has 0 unspecified atom stereocenters. The van der Waals surface area contributed by atoms with Crippen molar-refractivity contribution < 1.29 is 18.7 Å². The largest absolute Gasteiger partial charge is 0.447 e. The fourth-order valence-electron chi connectivity index (χ4n) is 3.83. The molecule has 10 nitrogen and oxygen atoms in total. The number of amidine groups is 1. The molecule has 3 N–H and O–H groups in total. The smallest absolute Gasteiger partial charge is 0.416 e. The first kappa shape index (κ1) is 22.0. The minimum absolute atomic E-state index is 0.117. The highest BCUT2D eigenvalue weighted by Crippen LogP contribution is 2.33. The third-order valence-electron chi connectivity index (χ3n) is 5.55. The Morgan fingerprint density at radius 3 is 2.57 bits per heavy atom. The van der Waals surface area contributed by atoms with Crippen molar-refractivity contribution in [3.05, 3.63) is 83.9 Å². The number of halogens is 1. The molecule has 2 aromatic carbocycles. The highest BCUT2D eigenvalue weighted by molar-refractivity contribution is 5.96. The number of ether oxygens (including phenoxy) is 1. The third kappa shape index (κ3) is 4.26. The number of anilines is 1. The molecule has 11 heteroatoms. The van der Waals surface area contributed by atoms with Gasteiger partial charge in [0.1, 0.15) is 30.1 Å². The van der Waals surface area contributed by atoms with Gasteiger partial charge < -0.3 is 4.74 Å². The SMILES string of the molecule is CC(=N)NNC(=O)c1ccc(-c2cnn3ccc(N4C(=O)OC[C@@H]4c4ccc(F)cc4)nc23)cc1. The summed E-state index contributed by atoms with van der Waals surface area (Å²) < 4.78 is 20.2. The average molecular weight is 473 g/mol. The number of nitrogens with one attached hydrogen (secondary N) is 3. The number of fused-ring (bicyclic) bond motifs is 1. The lowest BCUT2D eigenvalue weighted by Gasteiger charge is -2.20. The van der Waals surface area contributed by atoms with E-state index < -0.39 is 12.1 Å². The number of rotatable bonds is 4. The number of benzene rings is 2. The van der Waals surface area contributed by atoms with Crippen LogP contribution in [-0.4, -0.2) is 39.0 Å². The van der Waals surface area contributed by atoms with E-state index >= 15 is 0 Å². The molecule has 0 radical (unpaired) electrons. The first-order valence-electron chi connectivity index (χ1n) is 10.7. The predicted octanol–water partition coefficient (Wildman–Crippen LogP) is 3.46. The lowest BCUT2D eigenvalue weighted by atomic mass is 10.1. The van der Waals surface area contributed by atoms with E-state index in [1.165, 1.54) is 24.0 Å². The zero-order chi connectivity index (χ0) is 24.5. The van der Waals surface area contributed by atoms with E-state index in [0.29, 0.717) is 22.6 Å². The molecule has 1 atom stereocenters. The van der Waals surface area contributed by atoms with Gasteiger partial charge in [-0.1, -0.05) is 24.3 Å². The molecule has 2 amide bonds. The normalized spacial score (nSPS) is 15.2. The topological polar surface area (TPSA) is 125 Å². The molecule has 35 heavy (non-hydrogen) atoms. The third-order valence-corrected chi connectivity index (χ3v) is 5.55. The van der Waals surface area contributed by atoms with Crippen LogP contribution in [0.25, 0.3) is 16.8 Å². The molecular weight excluding hydrogens is 453 g/mol. The van der Waals surface area contributed by atoms with Crippen LogP contribution in [0, 0.1) is 11.2 Å². The Hall–Kier alpha value is -4.80. The number of nitrogens with zero attached hydrogens (tertiary/aromatic N) is 4. The van der Waals surface area contributed by atoms with Gasteiger partial charge in [0.25, 0.3) is 5.91 Å². The molecule has 0 spiro atoms. The molecule has 2 aromatic heterocycles. The maximum Gasteiger partial charge on any atom is 0.416 e. The fourth-order valence-corrected chi connectivity index (χ4v) is 3.83. The highest BCUT2D eigenvalue weighted by atomic mass is 19.1. The predicted molar refractivity (Wildman–Crippen MR) is 125 cm³/mol. The second-order valence-corrected chi connectivity index (χ2v) is 7.91. The van der Waals surface area contributed by atoms with Gasteiger partial charge in [0.05, 0.1) is 6.20 Å². The van der Waals surface area contributed by atoms with Crippen molar-refractivity contribution >= 4 is 29.3 Å². The Morgan fingerprint density at radius 1 is 1.11 bits per heavy atom. The van der Waals surface area contributed by atoms with Crippen molar-refractivity contribution in [2.45, 2.75) is 13.0 Å². The molecule has 0 aliphatic carbocycles. The van der Waals surface area contributed by atoms with Gasteiger partial charge in [-0.3, -0.25) is 26.0 Å². The summed E-state index contributed by atoms with van der Waals surface area (Å²) in [7, 11) is 0. The zero-order valence-electron chi connectivity index (χ0n) is 18.5. The summed E-state index contributed by atoms with van der Waals surface area (Å²) in [6.45, 7) is 1.64. The molecule has 1 aliphatic rings. The quantitative estimate of drug-likeness (QED) is 0.237. The molecule has 1 saturated heterocycles. The zero-order valence-corrected chi connectivity index (χ0v) is 18.5. The van der Waals surface area contributed by atoms with Gasteiger partial charge in [-0.15, -0.1) is 0 Å². The Bertz CT molecular complexity index is 1430. The minimum Gasteiger partial charge on any atom is -0.447 e. The van der Waals surface area contributed by atoms with Crippen LogP contribution in [0.5, 0.6) is 0 Å². The number of hydrazine groups is 1. The van der Waals surface area contributed by atoms with Crippen molar-refractivity contribution in [3.8, 4) is 11.1 Å². The number of hydrogen-bond donors (Lipinski definition) is 3. The van der Waals surface area contributed by atoms with E-state index in [0.717, 1.165) is 11.1 Å². The van der Waals surface area contributed by atoms with E-state index in [-0.39, 0.29) is 24.2 Å². The van der Waals surface area contributed by atoms with Gasteiger partial charge in [0.2, 0.25) is 0 Å².